The number of aromatic nitrogens is 1. The summed E-state index contributed by atoms with van der Waals surface area (Å²) in [5.41, 5.74) is 7.75. The molecule has 0 spiro atoms. The first-order valence-electron chi connectivity index (χ1n) is 16.7. The Hall–Kier alpha value is -3.27. The van der Waals surface area contributed by atoms with Crippen molar-refractivity contribution in [2.45, 2.75) is 98.8 Å². The number of furan rings is 1. The molecule has 6 rings (SSSR count). The molecule has 0 atom stereocenters. The zero-order valence-electron chi connectivity index (χ0n) is 28.5. The minimum Gasteiger partial charge on any atom is -0.512 e. The van der Waals surface area contributed by atoms with Crippen LogP contribution in [0.3, 0.4) is 0 Å². The van der Waals surface area contributed by atoms with E-state index in [1.165, 1.54) is 59.2 Å². The molecule has 2 heterocycles. The Morgan fingerprint density at radius 3 is 2.20 bits per heavy atom. The number of hydrogen-bond donors (Lipinski definition) is 1. The minimum absolute atomic E-state index is 0. The molecule has 1 saturated carbocycles. The maximum Gasteiger partial charge on any atom is 0.161 e. The molecule has 1 fully saturated rings. The van der Waals surface area contributed by atoms with Gasteiger partial charge >= 0.3 is 0 Å². The molecule has 0 unspecified atom stereocenters. The molecule has 3 aromatic carbocycles. The fraction of sp³-hybridized carbons (Fsp3) is 0.415. The second kappa shape index (κ2) is 15.1. The predicted octanol–water partition coefficient (Wildman–Crippen LogP) is 11.8. The quantitative estimate of drug-likeness (QED) is 0.101. The first kappa shape index (κ1) is 35.6. The minimum atomic E-state index is -0.0316. The van der Waals surface area contributed by atoms with Crippen molar-refractivity contribution in [3.8, 4) is 11.3 Å². The molecule has 2 aromatic heterocycles. The average molecular weight is 795 g/mol. The summed E-state index contributed by atoms with van der Waals surface area (Å²) < 4.78 is 6.43. The van der Waals surface area contributed by atoms with Gasteiger partial charge in [-0.25, -0.2) is 0 Å². The van der Waals surface area contributed by atoms with Crippen LogP contribution >= 0.6 is 0 Å². The molecular formula is C41H48IrNO3-. The summed E-state index contributed by atoms with van der Waals surface area (Å²) in [6, 6.07) is 21.4. The number of ketones is 1. The molecule has 1 aliphatic carbocycles. The van der Waals surface area contributed by atoms with E-state index in [1.54, 1.807) is 0 Å². The summed E-state index contributed by atoms with van der Waals surface area (Å²) in [6.45, 7) is 16.3. The number of rotatable bonds is 7. The molecule has 1 aliphatic rings. The van der Waals surface area contributed by atoms with E-state index in [4.69, 9.17) is 9.40 Å². The monoisotopic (exact) mass is 795 g/mol. The van der Waals surface area contributed by atoms with Crippen molar-refractivity contribution in [2.24, 2.45) is 11.8 Å². The Morgan fingerprint density at radius 2 is 1.57 bits per heavy atom. The third-order valence-corrected chi connectivity index (χ3v) is 9.13. The molecule has 0 bridgehead atoms. The van der Waals surface area contributed by atoms with Crippen LogP contribution in [0.4, 0.5) is 0 Å². The summed E-state index contributed by atoms with van der Waals surface area (Å²) in [6.07, 6.45) is 8.72. The van der Waals surface area contributed by atoms with Gasteiger partial charge in [0.05, 0.1) is 11.3 Å². The van der Waals surface area contributed by atoms with Crippen LogP contribution in [0.15, 0.2) is 71.0 Å². The van der Waals surface area contributed by atoms with Crippen molar-refractivity contribution >= 4 is 38.5 Å². The number of benzene rings is 3. The number of nitrogens with zero attached hydrogens (tertiary/aromatic N) is 1. The molecule has 1 N–H and O–H groups in total. The zero-order valence-corrected chi connectivity index (χ0v) is 30.9. The van der Waals surface area contributed by atoms with E-state index in [9.17, 15) is 9.90 Å². The van der Waals surface area contributed by atoms with Crippen LogP contribution in [-0.4, -0.2) is 15.9 Å². The van der Waals surface area contributed by atoms with Gasteiger partial charge in [-0.3, -0.25) is 4.79 Å². The molecule has 5 aromatic rings. The fourth-order valence-corrected chi connectivity index (χ4v) is 6.20. The number of para-hydroxylation sites is 1. The van der Waals surface area contributed by atoms with E-state index >= 15 is 0 Å². The van der Waals surface area contributed by atoms with Gasteiger partial charge in [0.1, 0.15) is 5.58 Å². The van der Waals surface area contributed by atoms with Gasteiger partial charge in [-0.2, -0.15) is 0 Å². The standard InChI is InChI=1S/C32H32NO.C9H16O2.Ir/c1-19(2)23-16-27-24-11-7-8-12-30(24)34-32(27)28(17-23)31-25-14-13-22(21-9-5-6-10-21)15-26(25)29(18-33-31)20(3)4;1-6(2)8(10)5-9(11)7(3)4;/h7-8,11-16,18-21H,5-6,9-10H2,1-4H3;5-7,10H,1-4H3;/q-1;;/b;8-5-;. The molecule has 0 amide bonds. The Labute approximate surface area is 288 Å². The number of carbonyl (C=O) groups excluding carboxylic acids is 1. The van der Waals surface area contributed by atoms with Gasteiger partial charge < -0.3 is 14.5 Å². The molecule has 0 saturated heterocycles. The molecule has 1 radical (unpaired) electrons. The molecule has 5 heteroatoms. The normalized spacial score (nSPS) is 14.1. The Morgan fingerprint density at radius 1 is 0.870 bits per heavy atom. The number of pyridine rings is 1. The first-order chi connectivity index (χ1) is 21.5. The summed E-state index contributed by atoms with van der Waals surface area (Å²) in [7, 11) is 0. The van der Waals surface area contributed by atoms with Crippen LogP contribution < -0.4 is 0 Å². The third-order valence-electron chi connectivity index (χ3n) is 9.13. The van der Waals surface area contributed by atoms with Crippen molar-refractivity contribution < 1.29 is 34.4 Å². The van der Waals surface area contributed by atoms with Crippen molar-refractivity contribution in [1.82, 2.24) is 4.98 Å². The fourth-order valence-electron chi connectivity index (χ4n) is 6.20. The predicted molar refractivity (Wildman–Crippen MR) is 188 cm³/mol. The number of fused-ring (bicyclic) bond motifs is 4. The van der Waals surface area contributed by atoms with E-state index in [-0.39, 0.29) is 43.5 Å². The number of hydrogen-bond acceptors (Lipinski definition) is 4. The topological polar surface area (TPSA) is 63.3 Å². The van der Waals surface area contributed by atoms with Crippen molar-refractivity contribution in [3.05, 3.63) is 89.3 Å². The van der Waals surface area contributed by atoms with E-state index in [0.29, 0.717) is 17.8 Å². The smallest absolute Gasteiger partial charge is 0.161 e. The Balaban J connectivity index is 0.000000346. The van der Waals surface area contributed by atoms with Gasteiger partial charge in [0, 0.05) is 49.6 Å². The Bertz CT molecular complexity index is 1850. The largest absolute Gasteiger partial charge is 0.512 e. The van der Waals surface area contributed by atoms with Crippen molar-refractivity contribution in [2.75, 3.05) is 0 Å². The molecule has 46 heavy (non-hydrogen) atoms. The SMILES string of the molecule is CC(C)C(=O)/C=C(\O)C(C)C.CC(C)c1[c-]c(-c2ncc(C(C)C)c3cc(C4CCCC4)ccc23)c2oc3ccccc3c2c1.[Ir]. The molecule has 245 valence electrons. The maximum absolute atomic E-state index is 11.0. The number of aliphatic hydroxyl groups excluding tert-OH is 1. The second-order valence-electron chi connectivity index (χ2n) is 13.9. The zero-order chi connectivity index (χ0) is 32.4. The van der Waals surface area contributed by atoms with Crippen LogP contribution in [0, 0.1) is 17.9 Å². The van der Waals surface area contributed by atoms with Gasteiger partial charge in [-0.05, 0) is 64.3 Å². The van der Waals surface area contributed by atoms with Crippen molar-refractivity contribution in [3.63, 3.8) is 0 Å². The average Bonchev–Trinajstić information content (AvgIpc) is 3.68. The van der Waals surface area contributed by atoms with Crippen LogP contribution in [0.1, 0.15) is 116 Å². The van der Waals surface area contributed by atoms with Gasteiger partial charge in [-0.1, -0.05) is 116 Å². The molecule has 4 nitrogen and oxygen atoms in total. The summed E-state index contributed by atoms with van der Waals surface area (Å²) in [5.74, 6) is 1.64. The Kier molecular flexibility index (Phi) is 11.7. The molecule has 0 aliphatic heterocycles. The van der Waals surface area contributed by atoms with Gasteiger partial charge in [0.25, 0.3) is 0 Å². The van der Waals surface area contributed by atoms with Crippen molar-refractivity contribution in [1.29, 1.82) is 0 Å². The van der Waals surface area contributed by atoms with Crippen LogP contribution in [0.5, 0.6) is 0 Å². The third kappa shape index (κ3) is 7.48. The van der Waals surface area contributed by atoms with Crippen LogP contribution in [-0.2, 0) is 24.9 Å². The van der Waals surface area contributed by atoms with E-state index < -0.39 is 0 Å². The summed E-state index contributed by atoms with van der Waals surface area (Å²) in [4.78, 5) is 16.1. The number of aliphatic hydroxyl groups is 1. The molecular weight excluding hydrogens is 747 g/mol. The van der Waals surface area contributed by atoms with Gasteiger partial charge in [0.2, 0.25) is 0 Å². The summed E-state index contributed by atoms with van der Waals surface area (Å²) >= 11 is 0. The number of carbonyl (C=O) groups is 1. The summed E-state index contributed by atoms with van der Waals surface area (Å²) in [5, 5.41) is 14.0. The second-order valence-corrected chi connectivity index (χ2v) is 13.9. The van der Waals surface area contributed by atoms with E-state index in [0.717, 1.165) is 33.2 Å². The van der Waals surface area contributed by atoms with E-state index in [2.05, 4.69) is 82.4 Å². The van der Waals surface area contributed by atoms with E-state index in [1.807, 2.05) is 33.8 Å². The van der Waals surface area contributed by atoms with Gasteiger partial charge in [-0.15, -0.1) is 17.7 Å². The van der Waals surface area contributed by atoms with Gasteiger partial charge in [0.15, 0.2) is 5.78 Å². The van der Waals surface area contributed by atoms with Crippen LogP contribution in [0.25, 0.3) is 44.0 Å². The number of allylic oxidation sites excluding steroid dienone is 2. The maximum atomic E-state index is 11.0. The first-order valence-corrected chi connectivity index (χ1v) is 16.7. The van der Waals surface area contributed by atoms with Crippen LogP contribution in [0.2, 0.25) is 0 Å².